The number of hydrogen-bond acceptors (Lipinski definition) is 3. The highest BCUT2D eigenvalue weighted by Gasteiger charge is 2.31. The first-order valence-corrected chi connectivity index (χ1v) is 4.45. The number of benzene rings is 1. The molecule has 0 aliphatic rings. The molecule has 16 heavy (non-hydrogen) atoms. The van der Waals surface area contributed by atoms with Crippen molar-refractivity contribution in [1.82, 2.24) is 5.43 Å². The number of anilines is 1. The van der Waals surface area contributed by atoms with E-state index in [1.54, 1.807) is 0 Å². The Labute approximate surface area is 94.5 Å². The smallest absolute Gasteiger partial charge is 0.406 e. The Morgan fingerprint density at radius 1 is 1.38 bits per heavy atom. The Bertz CT molecular complexity index is 383. The summed E-state index contributed by atoms with van der Waals surface area (Å²) in [7, 11) is 0. The molecular weight excluding hydrogens is 243 g/mol. The summed E-state index contributed by atoms with van der Waals surface area (Å²) in [6.07, 6.45) is -4.72. The molecule has 4 N–H and O–H groups in total. The lowest BCUT2D eigenvalue weighted by Gasteiger charge is -2.11. The summed E-state index contributed by atoms with van der Waals surface area (Å²) >= 11 is 4.68. The van der Waals surface area contributed by atoms with Crippen molar-refractivity contribution in [3.05, 3.63) is 24.3 Å². The number of halogens is 3. The fraction of sp³-hybridized carbons (Fsp3) is 0.125. The minimum Gasteiger partial charge on any atom is -0.406 e. The highest BCUT2D eigenvalue weighted by molar-refractivity contribution is 7.80. The Hall–Kier alpha value is -1.54. The van der Waals surface area contributed by atoms with Gasteiger partial charge in [0, 0.05) is 11.8 Å². The fourth-order valence-corrected chi connectivity index (χ4v) is 1.06. The van der Waals surface area contributed by atoms with Crippen LogP contribution in [0.15, 0.2) is 24.3 Å². The molecule has 0 aromatic heterocycles. The maximum absolute atomic E-state index is 11.9. The first-order valence-electron chi connectivity index (χ1n) is 4.04. The fourth-order valence-electron chi connectivity index (χ4n) is 0.938. The predicted octanol–water partition coefficient (Wildman–Crippen LogP) is 1.75. The molecule has 1 aromatic carbocycles. The van der Waals surface area contributed by atoms with Gasteiger partial charge in [-0.3, -0.25) is 0 Å². The van der Waals surface area contributed by atoms with Crippen LogP contribution in [0.4, 0.5) is 18.9 Å². The molecule has 0 radical (unpaired) electrons. The molecule has 0 unspecified atom stereocenters. The minimum absolute atomic E-state index is 0.0872. The van der Waals surface area contributed by atoms with Crippen LogP contribution in [-0.2, 0) is 0 Å². The number of nitrogens with two attached hydrogens (primary N) is 1. The molecular formula is C8H8F3N3OS. The number of thiocarbonyl (C=S) groups is 1. The molecule has 0 bridgehead atoms. The number of nitrogens with one attached hydrogen (secondary N) is 2. The molecule has 1 rings (SSSR count). The van der Waals surface area contributed by atoms with Gasteiger partial charge in [0.1, 0.15) is 5.75 Å². The maximum Gasteiger partial charge on any atom is 0.573 e. The summed E-state index contributed by atoms with van der Waals surface area (Å²) in [5, 5.41) is 2.65. The van der Waals surface area contributed by atoms with E-state index < -0.39 is 6.36 Å². The second-order valence-electron chi connectivity index (χ2n) is 2.67. The third kappa shape index (κ3) is 4.32. The van der Waals surface area contributed by atoms with Gasteiger partial charge in [-0.05, 0) is 24.4 Å². The van der Waals surface area contributed by atoms with Gasteiger partial charge in [0.25, 0.3) is 0 Å². The first-order chi connectivity index (χ1) is 7.40. The molecule has 0 aliphatic heterocycles. The Morgan fingerprint density at radius 2 is 2.06 bits per heavy atom. The van der Waals surface area contributed by atoms with Crippen molar-refractivity contribution in [2.24, 2.45) is 5.84 Å². The van der Waals surface area contributed by atoms with Crippen LogP contribution in [0.1, 0.15) is 0 Å². The van der Waals surface area contributed by atoms with Gasteiger partial charge in [0.15, 0.2) is 5.11 Å². The predicted molar refractivity (Wildman–Crippen MR) is 56.7 cm³/mol. The highest BCUT2D eigenvalue weighted by Crippen LogP contribution is 2.24. The van der Waals surface area contributed by atoms with E-state index in [0.29, 0.717) is 5.69 Å². The zero-order valence-electron chi connectivity index (χ0n) is 7.84. The van der Waals surface area contributed by atoms with Crippen molar-refractivity contribution in [3.63, 3.8) is 0 Å². The van der Waals surface area contributed by atoms with E-state index in [-0.39, 0.29) is 10.9 Å². The van der Waals surface area contributed by atoms with Crippen LogP contribution >= 0.6 is 12.2 Å². The minimum atomic E-state index is -4.72. The molecule has 4 nitrogen and oxygen atoms in total. The van der Waals surface area contributed by atoms with Crippen LogP contribution in [0.3, 0.4) is 0 Å². The molecule has 1 aromatic rings. The molecule has 0 atom stereocenters. The average molecular weight is 251 g/mol. The average Bonchev–Trinajstić information content (AvgIpc) is 2.15. The van der Waals surface area contributed by atoms with E-state index in [1.807, 2.05) is 0 Å². The van der Waals surface area contributed by atoms with Crippen molar-refractivity contribution < 1.29 is 17.9 Å². The second kappa shape index (κ2) is 4.99. The molecule has 8 heteroatoms. The SMILES string of the molecule is NNC(=S)Nc1cccc(OC(F)(F)F)c1. The topological polar surface area (TPSA) is 59.3 Å². The van der Waals surface area contributed by atoms with Crippen molar-refractivity contribution in [2.45, 2.75) is 6.36 Å². The summed E-state index contributed by atoms with van der Waals surface area (Å²) < 4.78 is 39.4. The molecule has 0 spiro atoms. The van der Waals surface area contributed by atoms with Gasteiger partial charge in [0.05, 0.1) is 0 Å². The van der Waals surface area contributed by atoms with Crippen LogP contribution in [0.2, 0.25) is 0 Å². The Morgan fingerprint density at radius 3 is 2.62 bits per heavy atom. The van der Waals surface area contributed by atoms with Gasteiger partial charge in [-0.1, -0.05) is 6.07 Å². The van der Waals surface area contributed by atoms with E-state index in [0.717, 1.165) is 6.07 Å². The van der Waals surface area contributed by atoms with Crippen LogP contribution in [0.25, 0.3) is 0 Å². The standard InChI is InChI=1S/C8H8F3N3OS/c9-8(10,11)15-6-3-1-2-5(4-6)13-7(16)14-12/h1-4H,12H2,(H2,13,14,16). The maximum atomic E-state index is 11.9. The number of hydrogen-bond donors (Lipinski definition) is 3. The first kappa shape index (κ1) is 12.5. The van der Waals surface area contributed by atoms with Crippen LogP contribution in [-0.4, -0.2) is 11.5 Å². The monoisotopic (exact) mass is 251 g/mol. The summed E-state index contributed by atoms with van der Waals surface area (Å²) in [4.78, 5) is 0. The van der Waals surface area contributed by atoms with Crippen molar-refractivity contribution in [2.75, 3.05) is 5.32 Å². The molecule has 0 heterocycles. The second-order valence-corrected chi connectivity index (χ2v) is 3.08. The third-order valence-electron chi connectivity index (χ3n) is 1.46. The molecule has 88 valence electrons. The normalized spacial score (nSPS) is 10.8. The summed E-state index contributed by atoms with van der Waals surface area (Å²) in [6.45, 7) is 0. The highest BCUT2D eigenvalue weighted by atomic mass is 32.1. The van der Waals surface area contributed by atoms with E-state index in [1.165, 1.54) is 18.2 Å². The number of hydrazine groups is 1. The van der Waals surface area contributed by atoms with Crippen molar-refractivity contribution in [3.8, 4) is 5.75 Å². The van der Waals surface area contributed by atoms with Gasteiger partial charge in [-0.15, -0.1) is 13.2 Å². The zero-order valence-corrected chi connectivity index (χ0v) is 8.65. The molecule has 0 saturated heterocycles. The summed E-state index contributed by atoms with van der Waals surface area (Å²) in [6, 6.07) is 5.24. The summed E-state index contributed by atoms with van der Waals surface area (Å²) in [5.41, 5.74) is 2.48. The lowest BCUT2D eigenvalue weighted by molar-refractivity contribution is -0.274. The van der Waals surface area contributed by atoms with Crippen molar-refractivity contribution >= 4 is 23.0 Å². The van der Waals surface area contributed by atoms with Gasteiger partial charge in [-0.2, -0.15) is 0 Å². The van der Waals surface area contributed by atoms with Gasteiger partial charge in [0.2, 0.25) is 0 Å². The van der Waals surface area contributed by atoms with Gasteiger partial charge < -0.3 is 15.5 Å². The van der Waals surface area contributed by atoms with Crippen LogP contribution in [0.5, 0.6) is 5.75 Å². The molecule has 0 amide bonds. The number of rotatable bonds is 2. The van der Waals surface area contributed by atoms with Gasteiger partial charge >= 0.3 is 6.36 Å². The Kier molecular flexibility index (Phi) is 3.91. The lowest BCUT2D eigenvalue weighted by atomic mass is 10.3. The van der Waals surface area contributed by atoms with Gasteiger partial charge in [-0.25, -0.2) is 5.84 Å². The number of ether oxygens (including phenoxy) is 1. The Balaban J connectivity index is 2.75. The van der Waals surface area contributed by atoms with E-state index in [2.05, 4.69) is 27.7 Å². The molecule has 0 aliphatic carbocycles. The zero-order chi connectivity index (χ0) is 12.2. The van der Waals surface area contributed by atoms with E-state index >= 15 is 0 Å². The third-order valence-corrected chi connectivity index (χ3v) is 1.68. The molecule has 0 fully saturated rings. The molecule has 0 saturated carbocycles. The number of alkyl halides is 3. The van der Waals surface area contributed by atoms with Crippen LogP contribution in [0, 0.1) is 0 Å². The van der Waals surface area contributed by atoms with Crippen LogP contribution < -0.4 is 21.3 Å². The van der Waals surface area contributed by atoms with E-state index in [4.69, 9.17) is 5.84 Å². The lowest BCUT2D eigenvalue weighted by Crippen LogP contribution is -2.34. The quantitative estimate of drug-likeness (QED) is 0.424. The summed E-state index contributed by atoms with van der Waals surface area (Å²) in [5.74, 6) is 4.66. The largest absolute Gasteiger partial charge is 0.573 e. The van der Waals surface area contributed by atoms with Crippen molar-refractivity contribution in [1.29, 1.82) is 0 Å². The van der Waals surface area contributed by atoms with E-state index in [9.17, 15) is 13.2 Å².